The normalized spacial score (nSPS) is 28.5. The molecule has 0 radical (unpaired) electrons. The van der Waals surface area contributed by atoms with E-state index in [4.69, 9.17) is 15.2 Å². The number of nitrogen functional groups attached to an aromatic ring is 1. The monoisotopic (exact) mass is 387 g/mol. The average Bonchev–Trinajstić information content (AvgIpc) is 2.71. The van der Waals surface area contributed by atoms with Gasteiger partial charge in [-0.2, -0.15) is 4.98 Å². The molecule has 28 heavy (non-hydrogen) atoms. The van der Waals surface area contributed by atoms with Crippen LogP contribution in [0.1, 0.15) is 39.0 Å². The van der Waals surface area contributed by atoms with Crippen LogP contribution in [0.25, 0.3) is 10.9 Å². The van der Waals surface area contributed by atoms with E-state index in [0.717, 1.165) is 49.9 Å². The SMILES string of the molecule is COC1CCC(Oc2ncc3c(N)ncc(N4CCC(C)C(O)C4)c3n2)CC1. The van der Waals surface area contributed by atoms with E-state index in [9.17, 15) is 5.11 Å². The molecule has 0 spiro atoms. The number of nitrogens with zero attached hydrogens (tertiary/aromatic N) is 4. The van der Waals surface area contributed by atoms with Gasteiger partial charge in [0, 0.05) is 26.4 Å². The summed E-state index contributed by atoms with van der Waals surface area (Å²) in [6.45, 7) is 3.48. The number of pyridine rings is 1. The third-order valence-electron chi connectivity index (χ3n) is 6.10. The van der Waals surface area contributed by atoms with Crippen LogP contribution < -0.4 is 15.4 Å². The van der Waals surface area contributed by atoms with Crippen molar-refractivity contribution in [3.05, 3.63) is 12.4 Å². The first-order chi connectivity index (χ1) is 13.5. The molecule has 2 atom stereocenters. The Morgan fingerprint density at radius 2 is 1.86 bits per heavy atom. The largest absolute Gasteiger partial charge is 0.460 e. The quantitative estimate of drug-likeness (QED) is 0.822. The molecular formula is C20H29N5O3. The van der Waals surface area contributed by atoms with Crippen molar-refractivity contribution in [2.75, 3.05) is 30.8 Å². The van der Waals surface area contributed by atoms with Gasteiger partial charge in [-0.25, -0.2) is 9.97 Å². The highest BCUT2D eigenvalue weighted by Crippen LogP contribution is 2.32. The Kier molecular flexibility index (Phi) is 5.50. The second-order valence-electron chi connectivity index (χ2n) is 7.98. The minimum absolute atomic E-state index is 0.101. The molecule has 2 aromatic rings. The molecule has 0 amide bonds. The summed E-state index contributed by atoms with van der Waals surface area (Å²) in [5.74, 6) is 0.692. The number of aliphatic hydroxyl groups excluding tert-OH is 1. The molecule has 1 aliphatic heterocycles. The number of hydrogen-bond donors (Lipinski definition) is 2. The standard InChI is InChI=1S/C20H29N5O3/c1-12-7-8-25(11-17(12)26)16-10-22-19(21)15-9-23-20(24-18(15)16)28-14-5-3-13(27-2)4-6-14/h9-10,12-14,17,26H,3-8,11H2,1-2H3,(H2,21,22). The van der Waals surface area contributed by atoms with Crippen LogP contribution in [-0.2, 0) is 4.74 Å². The molecule has 1 saturated carbocycles. The van der Waals surface area contributed by atoms with Crippen LogP contribution in [0.4, 0.5) is 11.5 Å². The molecular weight excluding hydrogens is 358 g/mol. The lowest BCUT2D eigenvalue weighted by Gasteiger charge is -2.36. The van der Waals surface area contributed by atoms with Crippen LogP contribution >= 0.6 is 0 Å². The first kappa shape index (κ1) is 19.1. The van der Waals surface area contributed by atoms with Gasteiger partial charge in [-0.1, -0.05) is 6.92 Å². The van der Waals surface area contributed by atoms with Crippen molar-refractivity contribution in [3.63, 3.8) is 0 Å². The summed E-state index contributed by atoms with van der Waals surface area (Å²) >= 11 is 0. The zero-order valence-corrected chi connectivity index (χ0v) is 16.5. The first-order valence-corrected chi connectivity index (χ1v) is 10.1. The number of aliphatic hydroxyl groups is 1. The predicted molar refractivity (Wildman–Crippen MR) is 107 cm³/mol. The number of rotatable bonds is 4. The lowest BCUT2D eigenvalue weighted by molar-refractivity contribution is 0.0301. The van der Waals surface area contributed by atoms with Gasteiger partial charge in [0.1, 0.15) is 17.4 Å². The fourth-order valence-electron chi connectivity index (χ4n) is 4.10. The van der Waals surface area contributed by atoms with Crippen molar-refractivity contribution >= 4 is 22.4 Å². The molecule has 1 aliphatic carbocycles. The summed E-state index contributed by atoms with van der Waals surface area (Å²) in [5, 5.41) is 11.0. The number of ether oxygens (including phenoxy) is 2. The smallest absolute Gasteiger partial charge is 0.317 e. The Labute approximate surface area is 165 Å². The number of methoxy groups -OCH3 is 1. The van der Waals surface area contributed by atoms with Gasteiger partial charge < -0.3 is 25.2 Å². The average molecular weight is 387 g/mol. The molecule has 3 N–H and O–H groups in total. The highest BCUT2D eigenvalue weighted by Gasteiger charge is 2.27. The van der Waals surface area contributed by atoms with Crippen LogP contribution in [0.3, 0.4) is 0 Å². The molecule has 0 aromatic carbocycles. The maximum absolute atomic E-state index is 10.3. The van der Waals surface area contributed by atoms with Crippen molar-refractivity contribution < 1.29 is 14.6 Å². The van der Waals surface area contributed by atoms with Crippen LogP contribution in [0, 0.1) is 5.92 Å². The van der Waals surface area contributed by atoms with E-state index in [-0.39, 0.29) is 12.2 Å². The number of β-amino-alcohol motifs (C(OH)–C–C–N with tert-alkyl or cyclic N) is 1. The number of hydrogen-bond acceptors (Lipinski definition) is 8. The second-order valence-corrected chi connectivity index (χ2v) is 7.98. The third kappa shape index (κ3) is 3.84. The molecule has 2 fully saturated rings. The Balaban J connectivity index is 1.59. The second kappa shape index (κ2) is 8.05. The number of aromatic nitrogens is 3. The fraction of sp³-hybridized carbons (Fsp3) is 0.650. The molecule has 8 heteroatoms. The van der Waals surface area contributed by atoms with Crippen LogP contribution in [0.2, 0.25) is 0 Å². The van der Waals surface area contributed by atoms with Crippen LogP contribution in [0.15, 0.2) is 12.4 Å². The molecule has 2 unspecified atom stereocenters. The number of fused-ring (bicyclic) bond motifs is 1. The Morgan fingerprint density at radius 1 is 1.11 bits per heavy atom. The number of nitrogens with two attached hydrogens (primary N) is 1. The van der Waals surface area contributed by atoms with Crippen molar-refractivity contribution in [3.8, 4) is 6.01 Å². The fourth-order valence-corrected chi connectivity index (χ4v) is 4.10. The van der Waals surface area contributed by atoms with Gasteiger partial charge in [-0.3, -0.25) is 0 Å². The molecule has 3 heterocycles. The summed E-state index contributed by atoms with van der Waals surface area (Å²) in [5.41, 5.74) is 7.65. The number of piperidine rings is 1. The van der Waals surface area contributed by atoms with Crippen LogP contribution in [0.5, 0.6) is 6.01 Å². The lowest BCUT2D eigenvalue weighted by atomic mass is 9.95. The summed E-state index contributed by atoms with van der Waals surface area (Å²) in [6.07, 6.45) is 8.24. The molecule has 152 valence electrons. The van der Waals surface area contributed by atoms with E-state index >= 15 is 0 Å². The summed E-state index contributed by atoms with van der Waals surface area (Å²) in [6, 6.07) is 0.367. The van der Waals surface area contributed by atoms with E-state index in [1.807, 2.05) is 0 Å². The van der Waals surface area contributed by atoms with E-state index in [2.05, 4.69) is 26.8 Å². The molecule has 2 aromatic heterocycles. The van der Waals surface area contributed by atoms with Gasteiger partial charge in [-0.05, 0) is 38.0 Å². The molecule has 1 saturated heterocycles. The van der Waals surface area contributed by atoms with E-state index in [1.165, 1.54) is 0 Å². The molecule has 8 nitrogen and oxygen atoms in total. The Bertz CT molecular complexity index is 825. The predicted octanol–water partition coefficient (Wildman–Crippen LogP) is 2.15. The zero-order valence-electron chi connectivity index (χ0n) is 16.5. The van der Waals surface area contributed by atoms with Gasteiger partial charge in [0.15, 0.2) is 0 Å². The topological polar surface area (TPSA) is 107 Å². The number of anilines is 2. The molecule has 0 bridgehead atoms. The van der Waals surface area contributed by atoms with Crippen molar-refractivity contribution in [1.29, 1.82) is 0 Å². The third-order valence-corrected chi connectivity index (χ3v) is 6.10. The van der Waals surface area contributed by atoms with E-state index in [0.29, 0.717) is 35.8 Å². The molecule has 4 rings (SSSR count). The highest BCUT2D eigenvalue weighted by molar-refractivity contribution is 5.96. The van der Waals surface area contributed by atoms with E-state index in [1.54, 1.807) is 19.5 Å². The van der Waals surface area contributed by atoms with Crippen molar-refractivity contribution in [2.24, 2.45) is 5.92 Å². The van der Waals surface area contributed by atoms with Gasteiger partial charge in [0.25, 0.3) is 0 Å². The van der Waals surface area contributed by atoms with Gasteiger partial charge in [0.2, 0.25) is 0 Å². The Morgan fingerprint density at radius 3 is 2.57 bits per heavy atom. The summed E-state index contributed by atoms with van der Waals surface area (Å²) in [4.78, 5) is 15.5. The van der Waals surface area contributed by atoms with Crippen molar-refractivity contribution in [2.45, 2.75) is 57.3 Å². The minimum atomic E-state index is -0.366. The maximum atomic E-state index is 10.3. The minimum Gasteiger partial charge on any atom is -0.460 e. The molecule has 2 aliphatic rings. The first-order valence-electron chi connectivity index (χ1n) is 10.1. The van der Waals surface area contributed by atoms with E-state index < -0.39 is 0 Å². The lowest BCUT2D eigenvalue weighted by Crippen LogP contribution is -2.43. The van der Waals surface area contributed by atoms with Gasteiger partial charge in [-0.15, -0.1) is 0 Å². The zero-order chi connectivity index (χ0) is 19.7. The van der Waals surface area contributed by atoms with Gasteiger partial charge in [0.05, 0.1) is 29.5 Å². The highest BCUT2D eigenvalue weighted by atomic mass is 16.5. The van der Waals surface area contributed by atoms with Crippen molar-refractivity contribution in [1.82, 2.24) is 15.0 Å². The van der Waals surface area contributed by atoms with Crippen LogP contribution in [-0.4, -0.2) is 58.6 Å². The summed E-state index contributed by atoms with van der Waals surface area (Å²) in [7, 11) is 1.76. The summed E-state index contributed by atoms with van der Waals surface area (Å²) < 4.78 is 11.5. The Hall–Kier alpha value is -2.19. The maximum Gasteiger partial charge on any atom is 0.317 e. The van der Waals surface area contributed by atoms with Gasteiger partial charge >= 0.3 is 6.01 Å².